The van der Waals surface area contributed by atoms with Crippen LogP contribution in [0.2, 0.25) is 0 Å². The quantitative estimate of drug-likeness (QED) is 0.460. The molecule has 0 aliphatic carbocycles. The maximum atomic E-state index is 12.0. The summed E-state index contributed by atoms with van der Waals surface area (Å²) in [5, 5.41) is 5.77. The maximum Gasteiger partial charge on any atom is 0.315 e. The molecule has 2 heterocycles. The first kappa shape index (κ1) is 22.3. The van der Waals surface area contributed by atoms with Gasteiger partial charge in [0, 0.05) is 43.7 Å². The number of amides is 2. The van der Waals surface area contributed by atoms with Crippen molar-refractivity contribution >= 4 is 11.7 Å². The van der Waals surface area contributed by atoms with Crippen LogP contribution >= 0.6 is 0 Å². The van der Waals surface area contributed by atoms with Crippen molar-refractivity contribution in [1.82, 2.24) is 10.6 Å². The Bertz CT molecular complexity index is 1070. The van der Waals surface area contributed by atoms with Crippen LogP contribution in [0.25, 0.3) is 0 Å². The third-order valence-corrected chi connectivity index (χ3v) is 7.18. The molecule has 3 aromatic rings. The van der Waals surface area contributed by atoms with Crippen LogP contribution in [0.15, 0.2) is 85.5 Å². The van der Waals surface area contributed by atoms with Crippen molar-refractivity contribution < 1.29 is 4.79 Å². The minimum absolute atomic E-state index is 0.144. The molecule has 34 heavy (non-hydrogen) atoms. The van der Waals surface area contributed by atoms with Gasteiger partial charge in [-0.25, -0.2) is 4.79 Å². The van der Waals surface area contributed by atoms with E-state index in [1.165, 1.54) is 33.5 Å². The summed E-state index contributed by atoms with van der Waals surface area (Å²) in [4.78, 5) is 14.6. The van der Waals surface area contributed by atoms with Crippen molar-refractivity contribution in [3.05, 3.63) is 113 Å². The number of rotatable bonds is 7. The number of hydrogen-bond acceptors (Lipinski definition) is 2. The lowest BCUT2D eigenvalue weighted by molar-refractivity contribution is 0.242. The number of nitrogens with zero attached hydrogens (tertiary/aromatic N) is 1. The number of carbonyl (C=O) groups is 1. The molecular formula is C30H33N3O. The molecule has 2 N–H and O–H groups in total. The first-order valence-corrected chi connectivity index (χ1v) is 12.4. The Kier molecular flexibility index (Phi) is 6.66. The van der Waals surface area contributed by atoms with Crippen LogP contribution in [0.3, 0.4) is 0 Å². The van der Waals surface area contributed by atoms with Crippen LogP contribution < -0.4 is 15.5 Å². The first-order chi connectivity index (χ1) is 16.7. The standard InChI is InChI=1S/C30H33N3O/c1-2-16-31-30(34)32-17-13-22-20-27-25(23-9-5-3-6-10-23)14-18-33-19-15-26(28(21-22)29(27)33)24-11-7-4-8-12-24/h2-12,20-21,25-26H,1,13-19H2,(H2,31,32,34). The molecule has 2 amide bonds. The van der Waals surface area contributed by atoms with Crippen LogP contribution in [0.5, 0.6) is 0 Å². The van der Waals surface area contributed by atoms with E-state index in [-0.39, 0.29) is 6.03 Å². The predicted molar refractivity (Wildman–Crippen MR) is 140 cm³/mol. The summed E-state index contributed by atoms with van der Waals surface area (Å²) in [5.74, 6) is 0.814. The van der Waals surface area contributed by atoms with Crippen molar-refractivity contribution in [1.29, 1.82) is 0 Å². The Hall–Kier alpha value is -3.53. The fourth-order valence-electron chi connectivity index (χ4n) is 5.61. The summed E-state index contributed by atoms with van der Waals surface area (Å²) in [6, 6.07) is 26.5. The highest BCUT2D eigenvalue weighted by Crippen LogP contribution is 2.48. The molecule has 3 aromatic carbocycles. The van der Waals surface area contributed by atoms with E-state index in [1.54, 1.807) is 6.08 Å². The fraction of sp³-hybridized carbons (Fsp3) is 0.300. The van der Waals surface area contributed by atoms with Gasteiger partial charge in [-0.2, -0.15) is 0 Å². The second-order valence-corrected chi connectivity index (χ2v) is 9.29. The topological polar surface area (TPSA) is 44.4 Å². The van der Waals surface area contributed by atoms with E-state index in [0.29, 0.717) is 24.9 Å². The molecule has 0 aromatic heterocycles. The number of benzene rings is 3. The molecule has 0 saturated carbocycles. The van der Waals surface area contributed by atoms with Gasteiger partial charge >= 0.3 is 6.03 Å². The van der Waals surface area contributed by atoms with E-state index < -0.39 is 0 Å². The minimum Gasteiger partial charge on any atom is -0.371 e. The molecule has 2 aliphatic rings. The summed E-state index contributed by atoms with van der Waals surface area (Å²) < 4.78 is 0. The maximum absolute atomic E-state index is 12.0. The van der Waals surface area contributed by atoms with Crippen molar-refractivity contribution in [3.8, 4) is 0 Å². The van der Waals surface area contributed by atoms with Crippen LogP contribution in [0.4, 0.5) is 10.5 Å². The Morgan fingerprint density at radius 2 is 1.44 bits per heavy atom. The summed E-state index contributed by atoms with van der Waals surface area (Å²) in [6.45, 7) is 6.94. The normalized spacial score (nSPS) is 18.6. The predicted octanol–water partition coefficient (Wildman–Crippen LogP) is 5.59. The summed E-state index contributed by atoms with van der Waals surface area (Å²) in [5.41, 5.74) is 8.42. The molecule has 2 unspecified atom stereocenters. The van der Waals surface area contributed by atoms with E-state index in [1.807, 2.05) is 0 Å². The smallest absolute Gasteiger partial charge is 0.315 e. The van der Waals surface area contributed by atoms with Gasteiger partial charge in [-0.15, -0.1) is 6.58 Å². The zero-order valence-electron chi connectivity index (χ0n) is 19.7. The van der Waals surface area contributed by atoms with Gasteiger partial charge in [-0.3, -0.25) is 0 Å². The molecule has 0 fully saturated rings. The Morgan fingerprint density at radius 1 is 0.882 bits per heavy atom. The third-order valence-electron chi connectivity index (χ3n) is 7.18. The Morgan fingerprint density at radius 3 is 1.97 bits per heavy atom. The van der Waals surface area contributed by atoms with Crippen LogP contribution in [-0.2, 0) is 6.42 Å². The average molecular weight is 452 g/mol. The lowest BCUT2D eigenvalue weighted by atomic mass is 9.75. The van der Waals surface area contributed by atoms with Gasteiger partial charge in [-0.05, 0) is 47.1 Å². The van der Waals surface area contributed by atoms with E-state index in [9.17, 15) is 4.79 Å². The third kappa shape index (κ3) is 4.58. The van der Waals surface area contributed by atoms with Crippen molar-refractivity contribution in [2.45, 2.75) is 31.1 Å². The monoisotopic (exact) mass is 451 g/mol. The van der Waals surface area contributed by atoms with E-state index >= 15 is 0 Å². The van der Waals surface area contributed by atoms with Crippen molar-refractivity contribution in [3.63, 3.8) is 0 Å². The number of carbonyl (C=O) groups excluding carboxylic acids is 1. The summed E-state index contributed by atoms with van der Waals surface area (Å²) >= 11 is 0. The van der Waals surface area contributed by atoms with Gasteiger partial charge in [0.2, 0.25) is 0 Å². The first-order valence-electron chi connectivity index (χ1n) is 12.4. The molecule has 0 spiro atoms. The molecular weight excluding hydrogens is 418 g/mol. The molecule has 5 rings (SSSR count). The molecule has 0 bridgehead atoms. The Balaban J connectivity index is 1.51. The second kappa shape index (κ2) is 10.2. The largest absolute Gasteiger partial charge is 0.371 e. The van der Waals surface area contributed by atoms with Crippen molar-refractivity contribution in [2.75, 3.05) is 31.1 Å². The Labute approximate surface area is 202 Å². The summed E-state index contributed by atoms with van der Waals surface area (Å²) in [7, 11) is 0. The molecule has 4 heteroatoms. The number of nitrogens with one attached hydrogen (secondary N) is 2. The van der Waals surface area contributed by atoms with E-state index in [2.05, 4.69) is 94.9 Å². The lowest BCUT2D eigenvalue weighted by Gasteiger charge is -2.43. The minimum atomic E-state index is -0.144. The molecule has 2 atom stereocenters. The van der Waals surface area contributed by atoms with Crippen molar-refractivity contribution in [2.24, 2.45) is 0 Å². The number of urea groups is 1. The SMILES string of the molecule is C=CCNC(=O)NCCc1cc2c3c(c1)C(c1ccccc1)CCN3CCC2c1ccccc1. The lowest BCUT2D eigenvalue weighted by Crippen LogP contribution is -2.38. The van der Waals surface area contributed by atoms with Gasteiger partial charge in [0.15, 0.2) is 0 Å². The number of anilines is 1. The van der Waals surface area contributed by atoms with Crippen LogP contribution in [0, 0.1) is 0 Å². The summed E-state index contributed by atoms with van der Waals surface area (Å²) in [6.07, 6.45) is 4.77. The van der Waals surface area contributed by atoms with E-state index in [0.717, 1.165) is 32.4 Å². The van der Waals surface area contributed by atoms with Gasteiger partial charge in [-0.1, -0.05) is 78.9 Å². The molecule has 174 valence electrons. The zero-order valence-corrected chi connectivity index (χ0v) is 19.7. The zero-order chi connectivity index (χ0) is 23.3. The van der Waals surface area contributed by atoms with E-state index in [4.69, 9.17) is 0 Å². The fourth-order valence-corrected chi connectivity index (χ4v) is 5.61. The van der Waals surface area contributed by atoms with Gasteiger partial charge in [0.25, 0.3) is 0 Å². The number of hydrogen-bond donors (Lipinski definition) is 2. The average Bonchev–Trinajstić information content (AvgIpc) is 2.89. The van der Waals surface area contributed by atoms with Gasteiger partial charge in [0.05, 0.1) is 0 Å². The van der Waals surface area contributed by atoms with Crippen LogP contribution in [0.1, 0.15) is 52.5 Å². The van der Waals surface area contributed by atoms with Crippen LogP contribution in [-0.4, -0.2) is 32.2 Å². The van der Waals surface area contributed by atoms with Gasteiger partial charge < -0.3 is 15.5 Å². The highest BCUT2D eigenvalue weighted by Gasteiger charge is 2.34. The second-order valence-electron chi connectivity index (χ2n) is 9.29. The molecule has 0 saturated heterocycles. The highest BCUT2D eigenvalue weighted by molar-refractivity contribution is 5.74. The molecule has 0 radical (unpaired) electrons. The highest BCUT2D eigenvalue weighted by atomic mass is 16.2. The molecule has 4 nitrogen and oxygen atoms in total. The van der Waals surface area contributed by atoms with Gasteiger partial charge in [0.1, 0.15) is 0 Å². The molecule has 2 aliphatic heterocycles.